The molecule has 2 aromatic rings. The lowest BCUT2D eigenvalue weighted by molar-refractivity contribution is 0.265. The number of unbranched alkanes of at least 4 members (excludes halogenated alkanes) is 1. The zero-order chi connectivity index (χ0) is 11.5. The van der Waals surface area contributed by atoms with Crippen LogP contribution in [0.15, 0.2) is 18.2 Å². The number of halogens is 2. The number of aromatic nitrogens is 2. The van der Waals surface area contributed by atoms with Gasteiger partial charge in [0.25, 0.3) is 0 Å². The number of rotatable bonds is 4. The Hall–Kier alpha value is -0.970. The number of nitrogen functional groups attached to an aromatic ring is 1. The summed E-state index contributed by atoms with van der Waals surface area (Å²) >= 11 is 0. The maximum Gasteiger partial charge on any atom is 0.135 e. The molecule has 0 saturated heterocycles. The molecule has 3 N–H and O–H groups in total. The van der Waals surface area contributed by atoms with Gasteiger partial charge in [-0.2, -0.15) is 0 Å². The average molecular weight is 292 g/mol. The molecular weight excluding hydrogens is 273 g/mol. The van der Waals surface area contributed by atoms with Gasteiger partial charge in [0, 0.05) is 12.2 Å². The van der Waals surface area contributed by atoms with E-state index in [0.29, 0.717) is 11.5 Å². The third-order valence-electron chi connectivity index (χ3n) is 2.73. The molecule has 0 aliphatic rings. The van der Waals surface area contributed by atoms with Crippen LogP contribution in [0.25, 0.3) is 11.0 Å². The van der Waals surface area contributed by atoms with Gasteiger partial charge in [0.1, 0.15) is 12.4 Å². The van der Waals surface area contributed by atoms with Crippen molar-refractivity contribution in [2.24, 2.45) is 0 Å². The Morgan fingerprint density at radius 2 is 2.06 bits per heavy atom. The molecule has 0 aliphatic heterocycles. The van der Waals surface area contributed by atoms with E-state index in [1.165, 1.54) is 0 Å². The maximum absolute atomic E-state index is 9.27. The Morgan fingerprint density at radius 1 is 1.33 bits per heavy atom. The molecule has 0 aliphatic carbocycles. The Kier molecular flexibility index (Phi) is 7.06. The van der Waals surface area contributed by atoms with Crippen molar-refractivity contribution in [3.8, 4) is 0 Å². The summed E-state index contributed by atoms with van der Waals surface area (Å²) in [6.07, 6.45) is 2.21. The Labute approximate surface area is 119 Å². The van der Waals surface area contributed by atoms with Crippen LogP contribution in [-0.4, -0.2) is 14.7 Å². The minimum atomic E-state index is -0.0295. The number of anilines is 1. The highest BCUT2D eigenvalue weighted by molar-refractivity contribution is 5.85. The predicted molar refractivity (Wildman–Crippen MR) is 79.5 cm³/mol. The van der Waals surface area contributed by atoms with Crippen LogP contribution in [0.3, 0.4) is 0 Å². The molecule has 1 heterocycles. The number of imidazole rings is 1. The van der Waals surface area contributed by atoms with E-state index in [1.54, 1.807) is 0 Å². The summed E-state index contributed by atoms with van der Waals surface area (Å²) in [4.78, 5) is 4.38. The number of fused-ring (bicyclic) bond motifs is 1. The lowest BCUT2D eigenvalue weighted by Gasteiger charge is -2.06. The second kappa shape index (κ2) is 7.46. The molecule has 0 spiro atoms. The molecule has 0 unspecified atom stereocenters. The maximum atomic E-state index is 9.27. The van der Waals surface area contributed by atoms with Gasteiger partial charge in [-0.15, -0.1) is 24.8 Å². The molecule has 102 valence electrons. The number of hydrogen-bond donors (Lipinski definition) is 2. The lowest BCUT2D eigenvalue weighted by Crippen LogP contribution is -2.03. The van der Waals surface area contributed by atoms with E-state index in [2.05, 4.69) is 16.5 Å². The van der Waals surface area contributed by atoms with Gasteiger partial charge in [-0.1, -0.05) is 13.3 Å². The first-order chi connectivity index (χ1) is 7.76. The Bertz CT molecular complexity index is 499. The summed E-state index contributed by atoms with van der Waals surface area (Å²) in [5.41, 5.74) is 8.33. The standard InChI is InChI=1S/C12H17N3O.2ClH/c1-2-3-6-15-11-5-4-9(13)7-10(11)14-12(15)8-16;;/h4-5,7,16H,2-3,6,8,13H2,1H3;2*1H. The number of nitrogens with two attached hydrogens (primary N) is 1. The molecule has 0 bridgehead atoms. The highest BCUT2D eigenvalue weighted by atomic mass is 35.5. The highest BCUT2D eigenvalue weighted by Crippen LogP contribution is 2.19. The van der Waals surface area contributed by atoms with Gasteiger partial charge in [-0.25, -0.2) is 4.98 Å². The van der Waals surface area contributed by atoms with Crippen molar-refractivity contribution in [3.63, 3.8) is 0 Å². The molecule has 1 aromatic heterocycles. The summed E-state index contributed by atoms with van der Waals surface area (Å²) in [6.45, 7) is 3.01. The van der Waals surface area contributed by atoms with Gasteiger partial charge >= 0.3 is 0 Å². The molecule has 0 fully saturated rings. The fourth-order valence-corrected chi connectivity index (χ4v) is 1.88. The summed E-state index contributed by atoms with van der Waals surface area (Å²) < 4.78 is 2.07. The number of aryl methyl sites for hydroxylation is 1. The fourth-order valence-electron chi connectivity index (χ4n) is 1.88. The lowest BCUT2D eigenvalue weighted by atomic mass is 10.2. The van der Waals surface area contributed by atoms with Gasteiger partial charge in [0.05, 0.1) is 11.0 Å². The molecule has 1 aromatic carbocycles. The van der Waals surface area contributed by atoms with Crippen LogP contribution in [0.5, 0.6) is 0 Å². The van der Waals surface area contributed by atoms with E-state index in [0.717, 1.165) is 30.4 Å². The van der Waals surface area contributed by atoms with E-state index in [9.17, 15) is 5.11 Å². The van der Waals surface area contributed by atoms with Crippen LogP contribution in [-0.2, 0) is 13.2 Å². The second-order valence-electron chi connectivity index (χ2n) is 3.94. The third-order valence-corrected chi connectivity index (χ3v) is 2.73. The van der Waals surface area contributed by atoms with Gasteiger partial charge in [0.2, 0.25) is 0 Å². The first-order valence-corrected chi connectivity index (χ1v) is 5.61. The molecule has 0 radical (unpaired) electrons. The first-order valence-electron chi connectivity index (χ1n) is 5.61. The average Bonchev–Trinajstić information content (AvgIpc) is 2.63. The van der Waals surface area contributed by atoms with E-state index in [-0.39, 0.29) is 31.4 Å². The quantitative estimate of drug-likeness (QED) is 0.852. The van der Waals surface area contributed by atoms with E-state index >= 15 is 0 Å². The van der Waals surface area contributed by atoms with E-state index < -0.39 is 0 Å². The van der Waals surface area contributed by atoms with Crippen molar-refractivity contribution >= 4 is 41.5 Å². The van der Waals surface area contributed by atoms with Crippen molar-refractivity contribution in [1.29, 1.82) is 0 Å². The number of hydrogen-bond acceptors (Lipinski definition) is 3. The normalized spacial score (nSPS) is 9.89. The Morgan fingerprint density at radius 3 is 2.67 bits per heavy atom. The van der Waals surface area contributed by atoms with E-state index in [1.807, 2.05) is 18.2 Å². The zero-order valence-corrected chi connectivity index (χ0v) is 11.9. The van der Waals surface area contributed by atoms with Crippen molar-refractivity contribution in [1.82, 2.24) is 9.55 Å². The van der Waals surface area contributed by atoms with Crippen LogP contribution >= 0.6 is 24.8 Å². The van der Waals surface area contributed by atoms with Gasteiger partial charge in [0.15, 0.2) is 0 Å². The molecule has 0 amide bonds. The van der Waals surface area contributed by atoms with E-state index in [4.69, 9.17) is 5.73 Å². The number of aliphatic hydroxyl groups excluding tert-OH is 1. The van der Waals surface area contributed by atoms with Crippen LogP contribution < -0.4 is 5.73 Å². The van der Waals surface area contributed by atoms with Crippen LogP contribution in [0.1, 0.15) is 25.6 Å². The minimum absolute atomic E-state index is 0. The van der Waals surface area contributed by atoms with Crippen LogP contribution in [0.4, 0.5) is 5.69 Å². The van der Waals surface area contributed by atoms with Gasteiger partial charge < -0.3 is 15.4 Å². The summed E-state index contributed by atoms with van der Waals surface area (Å²) in [6, 6.07) is 5.68. The monoisotopic (exact) mass is 291 g/mol. The SMILES string of the molecule is CCCCn1c(CO)nc2cc(N)ccc21.Cl.Cl. The van der Waals surface area contributed by atoms with Crippen molar-refractivity contribution < 1.29 is 5.11 Å². The Balaban J connectivity index is 0.00000144. The molecule has 0 saturated carbocycles. The number of nitrogens with zero attached hydrogens (tertiary/aromatic N) is 2. The van der Waals surface area contributed by atoms with Gasteiger partial charge in [-0.05, 0) is 24.6 Å². The summed E-state index contributed by atoms with van der Waals surface area (Å²) in [7, 11) is 0. The molecule has 18 heavy (non-hydrogen) atoms. The predicted octanol–water partition coefficient (Wildman–Crippen LogP) is 2.75. The third kappa shape index (κ3) is 3.28. The number of aliphatic hydroxyl groups is 1. The van der Waals surface area contributed by atoms with Crippen molar-refractivity contribution in [3.05, 3.63) is 24.0 Å². The minimum Gasteiger partial charge on any atom is -0.399 e. The first kappa shape index (κ1) is 17.0. The topological polar surface area (TPSA) is 64.1 Å². The molecule has 0 atom stereocenters. The second-order valence-corrected chi connectivity index (χ2v) is 3.94. The molecule has 4 nitrogen and oxygen atoms in total. The largest absolute Gasteiger partial charge is 0.399 e. The summed E-state index contributed by atoms with van der Waals surface area (Å²) in [5, 5.41) is 9.27. The smallest absolute Gasteiger partial charge is 0.135 e. The van der Waals surface area contributed by atoms with Gasteiger partial charge in [-0.3, -0.25) is 0 Å². The fraction of sp³-hybridized carbons (Fsp3) is 0.417. The van der Waals surface area contributed by atoms with Crippen LogP contribution in [0, 0.1) is 0 Å². The van der Waals surface area contributed by atoms with Crippen molar-refractivity contribution in [2.45, 2.75) is 32.9 Å². The van der Waals surface area contributed by atoms with Crippen molar-refractivity contribution in [2.75, 3.05) is 5.73 Å². The molecular formula is C12H19Cl2N3O. The molecule has 6 heteroatoms. The highest BCUT2D eigenvalue weighted by Gasteiger charge is 2.09. The molecule has 2 rings (SSSR count). The summed E-state index contributed by atoms with van der Waals surface area (Å²) in [5.74, 6) is 0.717. The van der Waals surface area contributed by atoms with Crippen LogP contribution in [0.2, 0.25) is 0 Å². The zero-order valence-electron chi connectivity index (χ0n) is 10.3. The number of benzene rings is 1.